The van der Waals surface area contributed by atoms with Crippen molar-refractivity contribution in [2.75, 3.05) is 11.1 Å². The fourth-order valence-electron chi connectivity index (χ4n) is 3.64. The highest BCUT2D eigenvalue weighted by Gasteiger charge is 2.22. The zero-order valence-electron chi connectivity index (χ0n) is 16.5. The van der Waals surface area contributed by atoms with E-state index < -0.39 is 0 Å². The number of fused-ring (bicyclic) bond motifs is 2. The molecule has 1 aliphatic heterocycles. The van der Waals surface area contributed by atoms with E-state index in [0.29, 0.717) is 11.8 Å². The molecule has 0 atom stereocenters. The molecule has 1 N–H and O–H groups in total. The summed E-state index contributed by atoms with van der Waals surface area (Å²) in [7, 11) is 0. The van der Waals surface area contributed by atoms with Crippen molar-refractivity contribution in [2.24, 2.45) is 5.92 Å². The summed E-state index contributed by atoms with van der Waals surface area (Å²) in [5.41, 5.74) is 6.68. The van der Waals surface area contributed by atoms with E-state index in [1.165, 1.54) is 38.1 Å². The van der Waals surface area contributed by atoms with Crippen LogP contribution >= 0.6 is 11.8 Å². The van der Waals surface area contributed by atoms with Gasteiger partial charge in [0.2, 0.25) is 0 Å². The summed E-state index contributed by atoms with van der Waals surface area (Å²) < 4.78 is 0. The topological polar surface area (TPSA) is 12.0 Å². The van der Waals surface area contributed by atoms with Crippen LogP contribution in [0.15, 0.2) is 71.1 Å². The van der Waals surface area contributed by atoms with Gasteiger partial charge in [0.1, 0.15) is 0 Å². The van der Waals surface area contributed by atoms with Crippen LogP contribution in [0.25, 0.3) is 16.5 Å². The summed E-state index contributed by atoms with van der Waals surface area (Å²) >= 11 is 1.97. The Bertz CT molecular complexity index is 1000. The summed E-state index contributed by atoms with van der Waals surface area (Å²) in [5, 5.41) is 6.39. The molecule has 27 heavy (non-hydrogen) atoms. The van der Waals surface area contributed by atoms with Crippen molar-refractivity contribution in [1.82, 2.24) is 0 Å². The maximum Gasteiger partial charge on any atom is 0.0472 e. The molecule has 0 bridgehead atoms. The molecule has 3 aromatic carbocycles. The lowest BCUT2D eigenvalue weighted by molar-refractivity contribution is 0.773. The fourth-order valence-corrected chi connectivity index (χ4v) is 4.95. The second kappa shape index (κ2) is 7.44. The van der Waals surface area contributed by atoms with Crippen LogP contribution in [0.4, 0.5) is 5.69 Å². The zero-order chi connectivity index (χ0) is 19.0. The van der Waals surface area contributed by atoms with Crippen LogP contribution in [-0.2, 0) is 0 Å². The van der Waals surface area contributed by atoms with Crippen LogP contribution in [0.1, 0.15) is 44.7 Å². The zero-order valence-corrected chi connectivity index (χ0v) is 17.4. The standard InChI is InChI=1S/C25H27NS/c1-16(2)18-10-11-19-13-22-24(14-20(19)12-18)27-15-23(17(3)4)25(22)26-21-8-6-5-7-9-21/h5-14,16-17,26H,15H2,1-4H3. The molecular weight excluding hydrogens is 346 g/mol. The van der Waals surface area contributed by atoms with Gasteiger partial charge < -0.3 is 5.32 Å². The van der Waals surface area contributed by atoms with E-state index in [2.05, 4.69) is 93.7 Å². The molecule has 0 unspecified atom stereocenters. The molecule has 0 saturated heterocycles. The molecule has 0 aromatic heterocycles. The summed E-state index contributed by atoms with van der Waals surface area (Å²) in [6.45, 7) is 9.11. The SMILES string of the molecule is CC(C)C1=C(Nc2ccccc2)c2cc3ccc(C(C)C)cc3cc2SC1. The van der Waals surface area contributed by atoms with Crippen LogP contribution in [-0.4, -0.2) is 5.75 Å². The Morgan fingerprint density at radius 1 is 0.815 bits per heavy atom. The van der Waals surface area contributed by atoms with Gasteiger partial charge in [0.25, 0.3) is 0 Å². The molecule has 0 fully saturated rings. The Labute approximate surface area is 166 Å². The molecule has 0 radical (unpaired) electrons. The Kier molecular flexibility index (Phi) is 5.01. The summed E-state index contributed by atoms with van der Waals surface area (Å²) in [4.78, 5) is 1.38. The number of thioether (sulfide) groups is 1. The van der Waals surface area contributed by atoms with Gasteiger partial charge in [-0.1, -0.05) is 64.1 Å². The van der Waals surface area contributed by atoms with Crippen molar-refractivity contribution in [3.8, 4) is 0 Å². The van der Waals surface area contributed by atoms with Crippen molar-refractivity contribution in [3.05, 3.63) is 77.4 Å². The first kappa shape index (κ1) is 18.2. The van der Waals surface area contributed by atoms with Gasteiger partial charge in [-0.3, -0.25) is 0 Å². The fraction of sp³-hybridized carbons (Fsp3) is 0.280. The van der Waals surface area contributed by atoms with E-state index in [-0.39, 0.29) is 0 Å². The first-order valence-electron chi connectivity index (χ1n) is 9.79. The van der Waals surface area contributed by atoms with Gasteiger partial charge in [0.05, 0.1) is 0 Å². The lowest BCUT2D eigenvalue weighted by Gasteiger charge is -2.27. The first-order valence-corrected chi connectivity index (χ1v) is 10.8. The minimum absolute atomic E-state index is 0.524. The van der Waals surface area contributed by atoms with Crippen LogP contribution in [0.2, 0.25) is 0 Å². The van der Waals surface area contributed by atoms with E-state index in [1.807, 2.05) is 11.8 Å². The molecule has 0 spiro atoms. The van der Waals surface area contributed by atoms with Crippen molar-refractivity contribution in [2.45, 2.75) is 38.5 Å². The third-order valence-corrected chi connectivity index (χ3v) is 6.45. The predicted molar refractivity (Wildman–Crippen MR) is 121 cm³/mol. The average molecular weight is 374 g/mol. The third kappa shape index (κ3) is 3.64. The summed E-state index contributed by atoms with van der Waals surface area (Å²) in [6, 6.07) is 22.2. The summed E-state index contributed by atoms with van der Waals surface area (Å²) in [5.74, 6) is 2.13. The van der Waals surface area contributed by atoms with Gasteiger partial charge in [0.15, 0.2) is 0 Å². The lowest BCUT2D eigenvalue weighted by Crippen LogP contribution is -2.13. The second-order valence-corrected chi connectivity index (χ2v) is 8.96. The Morgan fingerprint density at radius 3 is 2.30 bits per heavy atom. The molecular formula is C25H27NS. The number of benzene rings is 3. The summed E-state index contributed by atoms with van der Waals surface area (Å²) in [6.07, 6.45) is 0. The molecule has 1 aliphatic rings. The molecule has 0 saturated carbocycles. The number of hydrogen-bond acceptors (Lipinski definition) is 2. The van der Waals surface area contributed by atoms with Gasteiger partial charge in [-0.15, -0.1) is 11.8 Å². The second-order valence-electron chi connectivity index (χ2n) is 7.94. The highest BCUT2D eigenvalue weighted by molar-refractivity contribution is 7.99. The van der Waals surface area contributed by atoms with Gasteiger partial charge in [0, 0.05) is 27.6 Å². The minimum atomic E-state index is 0.524. The molecule has 138 valence electrons. The van der Waals surface area contributed by atoms with Crippen LogP contribution < -0.4 is 5.32 Å². The molecule has 1 nitrogen and oxygen atoms in total. The van der Waals surface area contributed by atoms with E-state index in [1.54, 1.807) is 0 Å². The quantitative estimate of drug-likeness (QED) is 0.506. The smallest absolute Gasteiger partial charge is 0.0472 e. The monoisotopic (exact) mass is 373 g/mol. The number of hydrogen-bond donors (Lipinski definition) is 1. The highest BCUT2D eigenvalue weighted by atomic mass is 32.2. The third-order valence-electron chi connectivity index (χ3n) is 5.34. The number of para-hydroxylation sites is 1. The number of anilines is 1. The Balaban J connectivity index is 1.85. The highest BCUT2D eigenvalue weighted by Crippen LogP contribution is 2.42. The largest absolute Gasteiger partial charge is 0.355 e. The molecule has 4 rings (SSSR count). The molecule has 3 aromatic rings. The Morgan fingerprint density at radius 2 is 1.59 bits per heavy atom. The lowest BCUT2D eigenvalue weighted by atomic mass is 9.94. The molecule has 0 aliphatic carbocycles. The van der Waals surface area contributed by atoms with E-state index >= 15 is 0 Å². The van der Waals surface area contributed by atoms with E-state index in [9.17, 15) is 0 Å². The Hall–Kier alpha value is -2.19. The van der Waals surface area contributed by atoms with Crippen molar-refractivity contribution < 1.29 is 0 Å². The average Bonchev–Trinajstić information content (AvgIpc) is 2.67. The van der Waals surface area contributed by atoms with Crippen molar-refractivity contribution in [1.29, 1.82) is 0 Å². The molecule has 2 heteroatoms. The van der Waals surface area contributed by atoms with Crippen molar-refractivity contribution in [3.63, 3.8) is 0 Å². The normalized spacial score (nSPS) is 14.1. The number of nitrogens with one attached hydrogen (secondary N) is 1. The van der Waals surface area contributed by atoms with Crippen molar-refractivity contribution >= 4 is 33.9 Å². The van der Waals surface area contributed by atoms with Crippen LogP contribution in [0, 0.1) is 5.92 Å². The first-order chi connectivity index (χ1) is 13.0. The van der Waals surface area contributed by atoms with Gasteiger partial charge >= 0.3 is 0 Å². The van der Waals surface area contributed by atoms with Crippen LogP contribution in [0.3, 0.4) is 0 Å². The predicted octanol–water partition coefficient (Wildman–Crippen LogP) is 7.55. The van der Waals surface area contributed by atoms with E-state index in [4.69, 9.17) is 0 Å². The molecule has 0 amide bonds. The van der Waals surface area contributed by atoms with Gasteiger partial charge in [-0.05, 0) is 58.0 Å². The maximum absolute atomic E-state index is 3.73. The maximum atomic E-state index is 3.73. The molecule has 1 heterocycles. The van der Waals surface area contributed by atoms with Gasteiger partial charge in [-0.2, -0.15) is 0 Å². The van der Waals surface area contributed by atoms with E-state index in [0.717, 1.165) is 11.4 Å². The number of rotatable bonds is 4. The van der Waals surface area contributed by atoms with Gasteiger partial charge in [-0.25, -0.2) is 0 Å². The minimum Gasteiger partial charge on any atom is -0.355 e. The van der Waals surface area contributed by atoms with Crippen LogP contribution in [0.5, 0.6) is 0 Å².